The van der Waals surface area contributed by atoms with Gasteiger partial charge >= 0.3 is 0 Å². The SMILES string of the molecule is CCNC(C)CC(C)CC1Cc2ccccc2O1. The standard InChI is InChI=1S/C16H25NO/c1-4-17-13(3)9-12(2)10-15-11-14-7-5-6-8-16(14)18-15/h5-8,12-13,15,17H,4,9-11H2,1-3H3. The van der Waals surface area contributed by atoms with Crippen molar-refractivity contribution in [2.45, 2.75) is 52.2 Å². The molecule has 0 saturated carbocycles. The van der Waals surface area contributed by atoms with Crippen molar-refractivity contribution in [3.63, 3.8) is 0 Å². The average Bonchev–Trinajstić information content (AvgIpc) is 2.70. The minimum absolute atomic E-state index is 0.381. The molecule has 0 radical (unpaired) electrons. The molecule has 0 bridgehead atoms. The Labute approximate surface area is 111 Å². The molecule has 0 saturated heterocycles. The molecule has 1 aromatic rings. The molecule has 3 atom stereocenters. The number of nitrogens with one attached hydrogen (secondary N) is 1. The Morgan fingerprint density at radius 3 is 2.83 bits per heavy atom. The number of hydrogen-bond donors (Lipinski definition) is 1. The van der Waals surface area contributed by atoms with Gasteiger partial charge in [-0.3, -0.25) is 0 Å². The summed E-state index contributed by atoms with van der Waals surface area (Å²) in [7, 11) is 0. The second-order valence-electron chi connectivity index (χ2n) is 5.59. The van der Waals surface area contributed by atoms with E-state index in [-0.39, 0.29) is 0 Å². The van der Waals surface area contributed by atoms with Crippen molar-refractivity contribution in [1.82, 2.24) is 5.32 Å². The number of para-hydroxylation sites is 1. The number of benzene rings is 1. The van der Waals surface area contributed by atoms with Crippen LogP contribution in [0, 0.1) is 5.92 Å². The fourth-order valence-electron chi connectivity index (χ4n) is 2.97. The van der Waals surface area contributed by atoms with Crippen molar-refractivity contribution >= 4 is 0 Å². The van der Waals surface area contributed by atoms with Crippen LogP contribution < -0.4 is 10.1 Å². The third kappa shape index (κ3) is 3.49. The van der Waals surface area contributed by atoms with E-state index in [9.17, 15) is 0 Å². The molecule has 0 spiro atoms. The number of rotatable bonds is 6. The van der Waals surface area contributed by atoms with Crippen molar-refractivity contribution < 1.29 is 4.74 Å². The molecule has 1 aliphatic heterocycles. The first-order valence-corrected chi connectivity index (χ1v) is 7.17. The van der Waals surface area contributed by atoms with Gasteiger partial charge in [-0.15, -0.1) is 0 Å². The second-order valence-corrected chi connectivity index (χ2v) is 5.59. The van der Waals surface area contributed by atoms with Gasteiger partial charge in [0.25, 0.3) is 0 Å². The summed E-state index contributed by atoms with van der Waals surface area (Å²) in [6, 6.07) is 9.02. The highest BCUT2D eigenvalue weighted by molar-refractivity contribution is 5.37. The summed E-state index contributed by atoms with van der Waals surface area (Å²) in [6.45, 7) is 7.82. The van der Waals surface area contributed by atoms with Crippen molar-refractivity contribution in [2.24, 2.45) is 5.92 Å². The Bertz CT molecular complexity index is 352. The van der Waals surface area contributed by atoms with E-state index in [1.807, 2.05) is 0 Å². The maximum atomic E-state index is 6.00. The van der Waals surface area contributed by atoms with Crippen molar-refractivity contribution in [3.05, 3.63) is 29.8 Å². The normalized spacial score (nSPS) is 21.2. The molecule has 1 aliphatic rings. The number of fused-ring (bicyclic) bond motifs is 1. The van der Waals surface area contributed by atoms with Crippen LogP contribution in [0.3, 0.4) is 0 Å². The lowest BCUT2D eigenvalue weighted by atomic mass is 9.94. The molecular formula is C16H25NO. The van der Waals surface area contributed by atoms with Crippen molar-refractivity contribution in [3.8, 4) is 5.75 Å². The summed E-state index contributed by atoms with van der Waals surface area (Å²) in [6.07, 6.45) is 3.84. The lowest BCUT2D eigenvalue weighted by Gasteiger charge is -2.20. The maximum absolute atomic E-state index is 6.00. The van der Waals surface area contributed by atoms with Crippen LogP contribution in [0.1, 0.15) is 39.2 Å². The quantitative estimate of drug-likeness (QED) is 0.832. The van der Waals surface area contributed by atoms with Crippen molar-refractivity contribution in [2.75, 3.05) is 6.54 Å². The fourth-order valence-corrected chi connectivity index (χ4v) is 2.97. The van der Waals surface area contributed by atoms with Gasteiger partial charge in [0, 0.05) is 12.5 Å². The van der Waals surface area contributed by atoms with Crippen LogP contribution in [0.4, 0.5) is 0 Å². The molecule has 0 aromatic heterocycles. The van der Waals surface area contributed by atoms with Gasteiger partial charge in [0.15, 0.2) is 0 Å². The van der Waals surface area contributed by atoms with E-state index in [0.717, 1.165) is 25.1 Å². The van der Waals surface area contributed by atoms with Crippen LogP contribution in [0.2, 0.25) is 0 Å². The lowest BCUT2D eigenvalue weighted by molar-refractivity contribution is 0.191. The molecule has 100 valence electrons. The van der Waals surface area contributed by atoms with Crippen LogP contribution in [0.25, 0.3) is 0 Å². The minimum Gasteiger partial charge on any atom is -0.490 e. The summed E-state index contributed by atoms with van der Waals surface area (Å²) >= 11 is 0. The number of hydrogen-bond acceptors (Lipinski definition) is 2. The molecule has 3 unspecified atom stereocenters. The Morgan fingerprint density at radius 1 is 1.33 bits per heavy atom. The van der Waals surface area contributed by atoms with Gasteiger partial charge in [-0.05, 0) is 43.9 Å². The lowest BCUT2D eigenvalue weighted by Crippen LogP contribution is -2.29. The summed E-state index contributed by atoms with van der Waals surface area (Å²) in [5, 5.41) is 3.48. The van der Waals surface area contributed by atoms with Crippen LogP contribution in [0.15, 0.2) is 24.3 Å². The molecule has 0 amide bonds. The third-order valence-corrected chi connectivity index (χ3v) is 3.69. The summed E-state index contributed by atoms with van der Waals surface area (Å²) in [5.41, 5.74) is 1.37. The molecule has 2 nitrogen and oxygen atoms in total. The summed E-state index contributed by atoms with van der Waals surface area (Å²) in [5.74, 6) is 1.80. The topological polar surface area (TPSA) is 21.3 Å². The Hall–Kier alpha value is -1.02. The zero-order chi connectivity index (χ0) is 13.0. The third-order valence-electron chi connectivity index (χ3n) is 3.69. The van der Waals surface area contributed by atoms with Crippen LogP contribution in [0.5, 0.6) is 5.75 Å². The maximum Gasteiger partial charge on any atom is 0.123 e. The average molecular weight is 247 g/mol. The largest absolute Gasteiger partial charge is 0.490 e. The van der Waals surface area contributed by atoms with Gasteiger partial charge in [-0.2, -0.15) is 0 Å². The molecule has 1 N–H and O–H groups in total. The van der Waals surface area contributed by atoms with Gasteiger partial charge in [0.2, 0.25) is 0 Å². The van der Waals surface area contributed by atoms with Crippen molar-refractivity contribution in [1.29, 1.82) is 0 Å². The van der Waals surface area contributed by atoms with E-state index < -0.39 is 0 Å². The minimum atomic E-state index is 0.381. The molecular weight excluding hydrogens is 222 g/mol. The van der Waals surface area contributed by atoms with Gasteiger partial charge in [-0.25, -0.2) is 0 Å². The van der Waals surface area contributed by atoms with E-state index in [1.54, 1.807) is 0 Å². The monoisotopic (exact) mass is 247 g/mol. The molecule has 1 aromatic carbocycles. The van der Waals surface area contributed by atoms with Crippen LogP contribution in [-0.4, -0.2) is 18.7 Å². The van der Waals surface area contributed by atoms with E-state index in [2.05, 4.69) is 50.4 Å². The smallest absolute Gasteiger partial charge is 0.123 e. The molecule has 2 heteroatoms. The Balaban J connectivity index is 1.79. The Morgan fingerprint density at radius 2 is 2.11 bits per heavy atom. The van der Waals surface area contributed by atoms with Gasteiger partial charge in [0.05, 0.1) is 0 Å². The highest BCUT2D eigenvalue weighted by Crippen LogP contribution is 2.31. The predicted molar refractivity (Wildman–Crippen MR) is 76.1 cm³/mol. The van der Waals surface area contributed by atoms with E-state index in [1.165, 1.54) is 12.0 Å². The first kappa shape index (κ1) is 13.4. The van der Waals surface area contributed by atoms with E-state index in [4.69, 9.17) is 4.74 Å². The predicted octanol–water partition coefficient (Wildman–Crippen LogP) is 3.40. The van der Waals surface area contributed by atoms with Crippen LogP contribution >= 0.6 is 0 Å². The van der Waals surface area contributed by atoms with Gasteiger partial charge in [-0.1, -0.05) is 32.0 Å². The van der Waals surface area contributed by atoms with Gasteiger partial charge < -0.3 is 10.1 Å². The van der Waals surface area contributed by atoms with E-state index in [0.29, 0.717) is 18.1 Å². The molecule has 0 fully saturated rings. The molecule has 0 aliphatic carbocycles. The summed E-state index contributed by atoms with van der Waals surface area (Å²) < 4.78 is 6.00. The highest BCUT2D eigenvalue weighted by Gasteiger charge is 2.24. The first-order chi connectivity index (χ1) is 8.69. The number of ether oxygens (including phenoxy) is 1. The fraction of sp³-hybridized carbons (Fsp3) is 0.625. The van der Waals surface area contributed by atoms with E-state index >= 15 is 0 Å². The second kappa shape index (κ2) is 6.24. The summed E-state index contributed by atoms with van der Waals surface area (Å²) in [4.78, 5) is 0. The molecule has 2 rings (SSSR count). The van der Waals surface area contributed by atoms with Gasteiger partial charge in [0.1, 0.15) is 11.9 Å². The highest BCUT2D eigenvalue weighted by atomic mass is 16.5. The molecule has 1 heterocycles. The molecule has 18 heavy (non-hydrogen) atoms. The Kier molecular flexibility index (Phi) is 4.65. The first-order valence-electron chi connectivity index (χ1n) is 7.17. The van der Waals surface area contributed by atoms with Crippen LogP contribution in [-0.2, 0) is 6.42 Å². The zero-order valence-electron chi connectivity index (χ0n) is 11.8. The zero-order valence-corrected chi connectivity index (χ0v) is 11.8.